The lowest BCUT2D eigenvalue weighted by atomic mass is 10.2. The molecular formula is C10H7N7S. The molecule has 7 nitrogen and oxygen atoms in total. The van der Waals surface area contributed by atoms with Crippen molar-refractivity contribution in [2.75, 3.05) is 0 Å². The first-order chi connectivity index (χ1) is 8.78. The van der Waals surface area contributed by atoms with Crippen LogP contribution in [-0.2, 0) is 0 Å². The van der Waals surface area contributed by atoms with Gasteiger partial charge in [0, 0.05) is 16.2 Å². The molecule has 1 aromatic carbocycles. The van der Waals surface area contributed by atoms with E-state index in [1.54, 1.807) is 16.6 Å². The van der Waals surface area contributed by atoms with Crippen molar-refractivity contribution >= 4 is 22.0 Å². The predicted octanol–water partition coefficient (Wildman–Crippen LogP) is 3.10. The van der Waals surface area contributed by atoms with Gasteiger partial charge in [-0.3, -0.25) is 0 Å². The van der Waals surface area contributed by atoms with E-state index in [-0.39, 0.29) is 0 Å². The van der Waals surface area contributed by atoms with Crippen LogP contribution in [-0.4, -0.2) is 19.8 Å². The average molecular weight is 257 g/mol. The second-order valence-corrected chi connectivity index (χ2v) is 4.54. The van der Waals surface area contributed by atoms with Gasteiger partial charge in [0.1, 0.15) is 5.01 Å². The highest BCUT2D eigenvalue weighted by Crippen LogP contribution is 2.28. The van der Waals surface area contributed by atoms with E-state index in [1.807, 2.05) is 19.1 Å². The zero-order chi connectivity index (χ0) is 12.5. The van der Waals surface area contributed by atoms with Gasteiger partial charge in [0.15, 0.2) is 5.82 Å². The van der Waals surface area contributed by atoms with Gasteiger partial charge in [0.25, 0.3) is 0 Å². The fourth-order valence-corrected chi connectivity index (χ4v) is 2.47. The Bertz CT molecular complexity index is 765. The fourth-order valence-electron chi connectivity index (χ4n) is 1.58. The summed E-state index contributed by atoms with van der Waals surface area (Å²) >= 11 is 1.44. The van der Waals surface area contributed by atoms with Crippen molar-refractivity contribution in [1.29, 1.82) is 0 Å². The summed E-state index contributed by atoms with van der Waals surface area (Å²) in [7, 11) is 0. The minimum atomic E-state index is 0.567. The molecule has 3 aromatic rings. The van der Waals surface area contributed by atoms with Crippen LogP contribution in [0.5, 0.6) is 0 Å². The molecule has 0 N–H and O–H groups in total. The van der Waals surface area contributed by atoms with Gasteiger partial charge in [-0.2, -0.15) is 9.61 Å². The van der Waals surface area contributed by atoms with Crippen molar-refractivity contribution in [3.63, 3.8) is 0 Å². The second-order valence-electron chi connectivity index (χ2n) is 3.59. The number of hydrogen-bond acceptors (Lipinski definition) is 5. The minimum absolute atomic E-state index is 0.567. The monoisotopic (exact) mass is 257 g/mol. The lowest BCUT2D eigenvalue weighted by molar-refractivity contribution is 0.898. The molecular weight excluding hydrogens is 250 g/mol. The van der Waals surface area contributed by atoms with E-state index >= 15 is 0 Å². The largest absolute Gasteiger partial charge is 0.234 e. The first-order valence-corrected chi connectivity index (χ1v) is 5.94. The number of fused-ring (bicyclic) bond motifs is 1. The molecule has 3 rings (SSSR count). The molecule has 0 aliphatic carbocycles. The lowest BCUT2D eigenvalue weighted by Gasteiger charge is -1.96. The van der Waals surface area contributed by atoms with E-state index in [0.717, 1.165) is 21.4 Å². The normalized spacial score (nSPS) is 10.5. The highest BCUT2D eigenvalue weighted by atomic mass is 32.1. The van der Waals surface area contributed by atoms with Crippen LogP contribution in [0.15, 0.2) is 29.4 Å². The Balaban J connectivity index is 2.13. The summed E-state index contributed by atoms with van der Waals surface area (Å²) < 4.78 is 1.69. The summed E-state index contributed by atoms with van der Waals surface area (Å²) in [5.41, 5.74) is 9.89. The molecule has 0 aliphatic rings. The maximum Gasteiger partial charge on any atom is 0.234 e. The smallest absolute Gasteiger partial charge is 0.187 e. The summed E-state index contributed by atoms with van der Waals surface area (Å²) in [5, 5.41) is 16.8. The van der Waals surface area contributed by atoms with Gasteiger partial charge in [-0.15, -0.1) is 10.2 Å². The third-order valence-electron chi connectivity index (χ3n) is 2.40. The zero-order valence-electron chi connectivity index (χ0n) is 9.35. The van der Waals surface area contributed by atoms with Gasteiger partial charge in [-0.05, 0) is 18.5 Å². The quantitative estimate of drug-likeness (QED) is 0.401. The van der Waals surface area contributed by atoms with Crippen LogP contribution < -0.4 is 0 Å². The van der Waals surface area contributed by atoms with Crippen molar-refractivity contribution in [3.05, 3.63) is 40.5 Å². The molecule has 0 spiro atoms. The number of rotatable bonds is 2. The van der Waals surface area contributed by atoms with E-state index in [4.69, 9.17) is 5.53 Å². The molecule has 0 aliphatic heterocycles. The number of benzene rings is 1. The molecule has 0 amide bonds. The number of aryl methyl sites for hydroxylation is 1. The molecule has 0 radical (unpaired) electrons. The zero-order valence-corrected chi connectivity index (χ0v) is 10.2. The number of nitrogens with zero attached hydrogens (tertiary/aromatic N) is 7. The fraction of sp³-hybridized carbons (Fsp3) is 0.100. The highest BCUT2D eigenvalue weighted by Gasteiger charge is 2.10. The summed E-state index contributed by atoms with van der Waals surface area (Å²) in [6.45, 7) is 1.85. The molecule has 0 unspecified atom stereocenters. The molecule has 18 heavy (non-hydrogen) atoms. The van der Waals surface area contributed by atoms with Crippen molar-refractivity contribution in [2.24, 2.45) is 5.11 Å². The van der Waals surface area contributed by atoms with Crippen LogP contribution in [0.3, 0.4) is 0 Å². The van der Waals surface area contributed by atoms with Crippen molar-refractivity contribution in [1.82, 2.24) is 19.8 Å². The Morgan fingerprint density at radius 1 is 1.39 bits per heavy atom. The summed E-state index contributed by atoms with van der Waals surface area (Å²) in [4.78, 5) is 3.51. The Morgan fingerprint density at radius 3 is 3.06 bits per heavy atom. The third kappa shape index (κ3) is 1.69. The van der Waals surface area contributed by atoms with Crippen LogP contribution in [0.25, 0.3) is 26.0 Å². The molecule has 2 heterocycles. The number of azide groups is 1. The Kier molecular flexibility index (Phi) is 2.44. The van der Waals surface area contributed by atoms with E-state index in [2.05, 4.69) is 25.3 Å². The molecule has 0 saturated heterocycles. The van der Waals surface area contributed by atoms with E-state index < -0.39 is 0 Å². The first kappa shape index (κ1) is 10.7. The Hall–Kier alpha value is -2.44. The minimum Gasteiger partial charge on any atom is -0.187 e. The average Bonchev–Trinajstić information content (AvgIpc) is 2.93. The second kappa shape index (κ2) is 4.10. The van der Waals surface area contributed by atoms with Crippen LogP contribution in [0.1, 0.15) is 5.82 Å². The SMILES string of the molecule is Cc1nnc2sc(-c3cccc(N=[N+]=[N-])c3)nn12. The summed E-state index contributed by atoms with van der Waals surface area (Å²) in [6, 6.07) is 7.28. The van der Waals surface area contributed by atoms with E-state index in [1.165, 1.54) is 11.3 Å². The van der Waals surface area contributed by atoms with Gasteiger partial charge in [-0.1, -0.05) is 34.7 Å². The highest BCUT2D eigenvalue weighted by molar-refractivity contribution is 7.19. The van der Waals surface area contributed by atoms with E-state index in [9.17, 15) is 0 Å². The van der Waals surface area contributed by atoms with Gasteiger partial charge in [0.2, 0.25) is 4.96 Å². The maximum absolute atomic E-state index is 8.42. The summed E-state index contributed by atoms with van der Waals surface area (Å²) in [6.07, 6.45) is 0. The van der Waals surface area contributed by atoms with Gasteiger partial charge in [-0.25, -0.2) is 0 Å². The van der Waals surface area contributed by atoms with Gasteiger partial charge in [0.05, 0.1) is 0 Å². The first-order valence-electron chi connectivity index (χ1n) is 5.12. The van der Waals surface area contributed by atoms with Crippen LogP contribution in [0, 0.1) is 6.92 Å². The van der Waals surface area contributed by atoms with Crippen LogP contribution >= 0.6 is 11.3 Å². The number of hydrogen-bond donors (Lipinski definition) is 0. The Labute approximate surface area is 105 Å². The molecule has 2 aromatic heterocycles. The Morgan fingerprint density at radius 2 is 2.28 bits per heavy atom. The van der Waals surface area contributed by atoms with Crippen LogP contribution in [0.2, 0.25) is 0 Å². The van der Waals surface area contributed by atoms with Crippen molar-refractivity contribution in [3.8, 4) is 10.6 Å². The van der Waals surface area contributed by atoms with Gasteiger partial charge >= 0.3 is 0 Å². The molecule has 0 atom stereocenters. The molecule has 0 bridgehead atoms. The summed E-state index contributed by atoms with van der Waals surface area (Å²) in [5.74, 6) is 0.749. The standard InChI is InChI=1S/C10H7N7S/c1-6-12-14-10-17(6)15-9(18-10)7-3-2-4-8(5-7)13-16-11/h2-5H,1H3. The van der Waals surface area contributed by atoms with Gasteiger partial charge < -0.3 is 0 Å². The predicted molar refractivity (Wildman–Crippen MR) is 67.6 cm³/mol. The van der Waals surface area contributed by atoms with E-state index in [0.29, 0.717) is 5.69 Å². The third-order valence-corrected chi connectivity index (χ3v) is 3.35. The molecule has 8 heteroatoms. The molecule has 88 valence electrons. The molecule has 0 fully saturated rings. The lowest BCUT2D eigenvalue weighted by Crippen LogP contribution is -1.88. The van der Waals surface area contributed by atoms with Crippen molar-refractivity contribution in [2.45, 2.75) is 6.92 Å². The van der Waals surface area contributed by atoms with Crippen molar-refractivity contribution < 1.29 is 0 Å². The molecule has 0 saturated carbocycles. The number of aromatic nitrogens is 4. The van der Waals surface area contributed by atoms with Crippen LogP contribution in [0.4, 0.5) is 5.69 Å². The maximum atomic E-state index is 8.42. The topological polar surface area (TPSA) is 91.8 Å².